The quantitative estimate of drug-likeness (QED) is 0.553. The Balaban J connectivity index is 2.75. The molecule has 0 unspecified atom stereocenters. The van der Waals surface area contributed by atoms with Crippen molar-refractivity contribution < 1.29 is 26.3 Å². The van der Waals surface area contributed by atoms with Gasteiger partial charge in [0.15, 0.2) is 0 Å². The van der Waals surface area contributed by atoms with Crippen LogP contribution in [0.4, 0.5) is 32.2 Å². The summed E-state index contributed by atoms with van der Waals surface area (Å²) in [6.07, 6.45) is -9.62. The second kappa shape index (κ2) is 6.08. The average Bonchev–Trinajstić information content (AvgIpc) is 2.74. The summed E-state index contributed by atoms with van der Waals surface area (Å²) in [4.78, 5) is 0. The van der Waals surface area contributed by atoms with E-state index in [1.54, 1.807) is 0 Å². The van der Waals surface area contributed by atoms with Crippen LogP contribution in [0.3, 0.4) is 0 Å². The van der Waals surface area contributed by atoms with E-state index in [9.17, 15) is 26.3 Å². The van der Waals surface area contributed by atoms with Crippen LogP contribution in [-0.2, 0) is 12.4 Å². The number of alkyl halides is 6. The van der Waals surface area contributed by atoms with Crippen LogP contribution in [-0.4, -0.2) is 15.1 Å². The molecule has 0 atom stereocenters. The van der Waals surface area contributed by atoms with Crippen LogP contribution in [0.15, 0.2) is 12.1 Å². The topological polar surface area (TPSA) is 43.8 Å². The van der Waals surface area contributed by atoms with E-state index in [0.717, 1.165) is 0 Å². The molecule has 1 aromatic carbocycles. The molecule has 0 fully saturated rings. The van der Waals surface area contributed by atoms with Gasteiger partial charge in [-0.05, 0) is 12.1 Å². The van der Waals surface area contributed by atoms with Crippen molar-refractivity contribution in [1.29, 1.82) is 0 Å². The first-order valence-corrected chi connectivity index (χ1v) is 7.08. The number of aromatic nitrogens is 2. The fourth-order valence-corrected chi connectivity index (χ4v) is 2.74. The smallest absolute Gasteiger partial charge is 0.383 e. The number of rotatable bonds is 2. The van der Waals surface area contributed by atoms with Gasteiger partial charge >= 0.3 is 12.4 Å². The Morgan fingerprint density at radius 2 is 1.54 bits per heavy atom. The maximum Gasteiger partial charge on any atom is 0.422 e. The minimum absolute atomic E-state index is 0.419. The lowest BCUT2D eigenvalue weighted by Gasteiger charge is -2.13. The molecule has 0 saturated carbocycles. The molecule has 130 valence electrons. The normalized spacial score (nSPS) is 12.5. The summed E-state index contributed by atoms with van der Waals surface area (Å²) in [5.41, 5.74) is 1.84. The number of benzene rings is 1. The second-order valence-electron chi connectivity index (χ2n) is 4.46. The third-order valence-corrected chi connectivity index (χ3v) is 3.70. The van der Waals surface area contributed by atoms with Crippen molar-refractivity contribution in [2.45, 2.75) is 12.4 Å². The van der Waals surface area contributed by atoms with E-state index in [4.69, 9.17) is 28.9 Å². The zero-order valence-electron chi connectivity index (χ0n) is 11.1. The third kappa shape index (κ3) is 3.31. The van der Waals surface area contributed by atoms with Crippen molar-refractivity contribution in [2.75, 3.05) is 5.73 Å². The molecule has 2 rings (SSSR count). The first-order valence-electron chi connectivity index (χ1n) is 5.85. The molecule has 24 heavy (non-hydrogen) atoms. The van der Waals surface area contributed by atoms with E-state index in [2.05, 4.69) is 17.3 Å². The Hall–Kier alpha value is -1.52. The van der Waals surface area contributed by atoms with Gasteiger partial charge in [0, 0.05) is 5.37 Å². The zero-order chi connectivity index (χ0) is 18.4. The van der Waals surface area contributed by atoms with Crippen LogP contribution in [0.2, 0.25) is 10.0 Å². The summed E-state index contributed by atoms with van der Waals surface area (Å²) in [7, 11) is 0. The molecule has 0 spiro atoms. The van der Waals surface area contributed by atoms with Gasteiger partial charge in [0.25, 0.3) is 0 Å². The van der Waals surface area contributed by atoms with Crippen molar-refractivity contribution in [3.05, 3.63) is 39.0 Å². The number of hydrogen-bond donors (Lipinski definition) is 1. The Bertz CT molecular complexity index is 789. The van der Waals surface area contributed by atoms with E-state index in [1.807, 2.05) is 0 Å². The first-order chi connectivity index (χ1) is 10.9. The Morgan fingerprint density at radius 1 is 1.04 bits per heavy atom. The minimum Gasteiger partial charge on any atom is -0.383 e. The maximum absolute atomic E-state index is 13.0. The highest BCUT2D eigenvalue weighted by Gasteiger charge is 2.40. The first kappa shape index (κ1) is 18.8. The highest BCUT2D eigenvalue weighted by molar-refractivity contribution is 7.79. The lowest BCUT2D eigenvalue weighted by molar-refractivity contribution is -0.138. The van der Waals surface area contributed by atoms with E-state index >= 15 is 0 Å². The number of thiocarbonyl (C=S) groups is 1. The maximum atomic E-state index is 13.0. The van der Waals surface area contributed by atoms with E-state index < -0.39 is 50.7 Å². The van der Waals surface area contributed by atoms with E-state index in [0.29, 0.717) is 22.2 Å². The van der Waals surface area contributed by atoms with Crippen LogP contribution in [0.5, 0.6) is 0 Å². The molecule has 0 aliphatic carbocycles. The van der Waals surface area contributed by atoms with Gasteiger partial charge in [0.2, 0.25) is 0 Å². The molecular weight excluding hydrogens is 403 g/mol. The molecule has 0 bridgehead atoms. The highest BCUT2D eigenvalue weighted by Crippen LogP contribution is 2.41. The second-order valence-corrected chi connectivity index (χ2v) is 5.51. The number of nitrogens with zero attached hydrogens (tertiary/aromatic N) is 2. The Kier molecular flexibility index (Phi) is 4.77. The molecule has 0 aliphatic heterocycles. The third-order valence-electron chi connectivity index (χ3n) is 2.90. The molecular formula is C12H5Cl2F6N3S. The predicted molar refractivity (Wildman–Crippen MR) is 80.8 cm³/mol. The van der Waals surface area contributed by atoms with Crippen molar-refractivity contribution in [3.8, 4) is 5.69 Å². The van der Waals surface area contributed by atoms with Gasteiger partial charge in [-0.2, -0.15) is 31.4 Å². The molecule has 0 saturated heterocycles. The lowest BCUT2D eigenvalue weighted by atomic mass is 10.2. The Morgan fingerprint density at radius 3 is 1.88 bits per heavy atom. The lowest BCUT2D eigenvalue weighted by Crippen LogP contribution is -2.12. The molecule has 0 radical (unpaired) electrons. The summed E-state index contributed by atoms with van der Waals surface area (Å²) in [6, 6.07) is 1.02. The molecule has 1 aromatic heterocycles. The SMILES string of the molecule is Nc1c(C(F)(F)F)c(C=S)nn1-c1c(Cl)cc(C(F)(F)F)cc1Cl. The standard InChI is InChI=1S/C12H5Cl2F6N3S/c13-5-1-4(11(15,16)17)2-6(14)9(5)23-10(21)8(12(18,19)20)7(3-24)22-23/h1-3H,21H2. The van der Waals surface area contributed by atoms with Gasteiger partial charge in [-0.15, -0.1) is 0 Å². The number of halogens is 8. The summed E-state index contributed by atoms with van der Waals surface area (Å²) in [6.45, 7) is 0. The van der Waals surface area contributed by atoms with Gasteiger partial charge in [0.05, 0.1) is 15.6 Å². The predicted octanol–water partition coefficient (Wildman–Crippen LogP) is 5.15. The summed E-state index contributed by atoms with van der Waals surface area (Å²) >= 11 is 16.0. The number of hydrogen-bond acceptors (Lipinski definition) is 3. The van der Waals surface area contributed by atoms with Gasteiger partial charge in [-0.25, -0.2) is 4.68 Å². The van der Waals surface area contributed by atoms with Crippen LogP contribution in [0.25, 0.3) is 5.69 Å². The zero-order valence-corrected chi connectivity index (χ0v) is 13.5. The Labute approximate surface area is 145 Å². The van der Waals surface area contributed by atoms with Gasteiger partial charge < -0.3 is 5.73 Å². The molecule has 2 N–H and O–H groups in total. The van der Waals surface area contributed by atoms with Crippen molar-refractivity contribution in [1.82, 2.24) is 9.78 Å². The van der Waals surface area contributed by atoms with E-state index in [1.165, 1.54) is 0 Å². The van der Waals surface area contributed by atoms with Crippen LogP contribution >= 0.6 is 35.4 Å². The molecule has 1 heterocycles. The summed E-state index contributed by atoms with van der Waals surface area (Å²) < 4.78 is 77.7. The average molecular weight is 408 g/mol. The van der Waals surface area contributed by atoms with Crippen LogP contribution in [0, 0.1) is 0 Å². The molecule has 12 heteroatoms. The fraction of sp³-hybridized carbons (Fsp3) is 0.167. The monoisotopic (exact) mass is 407 g/mol. The number of nitrogen functional groups attached to an aromatic ring is 1. The van der Waals surface area contributed by atoms with Crippen LogP contribution in [0.1, 0.15) is 16.8 Å². The highest BCUT2D eigenvalue weighted by atomic mass is 35.5. The fourth-order valence-electron chi connectivity index (χ4n) is 1.92. The van der Waals surface area contributed by atoms with Crippen molar-refractivity contribution in [2.24, 2.45) is 0 Å². The van der Waals surface area contributed by atoms with Crippen molar-refractivity contribution >= 4 is 46.6 Å². The van der Waals surface area contributed by atoms with Gasteiger partial charge in [-0.1, -0.05) is 35.4 Å². The molecule has 3 nitrogen and oxygen atoms in total. The van der Waals surface area contributed by atoms with Gasteiger partial charge in [0.1, 0.15) is 22.8 Å². The summed E-state index contributed by atoms with van der Waals surface area (Å²) in [5, 5.41) is 3.03. The van der Waals surface area contributed by atoms with Crippen molar-refractivity contribution in [3.63, 3.8) is 0 Å². The van der Waals surface area contributed by atoms with Gasteiger partial charge in [-0.3, -0.25) is 0 Å². The van der Waals surface area contributed by atoms with Crippen LogP contribution < -0.4 is 5.73 Å². The largest absolute Gasteiger partial charge is 0.422 e. The number of anilines is 1. The molecule has 0 aliphatic rings. The summed E-state index contributed by atoms with van der Waals surface area (Å²) in [5.74, 6) is -0.901. The molecule has 2 aromatic rings. The molecule has 0 amide bonds. The van der Waals surface area contributed by atoms with E-state index in [-0.39, 0.29) is 0 Å². The minimum atomic E-state index is -4.88. The number of nitrogens with two attached hydrogens (primary N) is 1.